The molecule has 0 spiro atoms. The summed E-state index contributed by atoms with van der Waals surface area (Å²) in [6.07, 6.45) is 0. The number of ketones is 1. The van der Waals surface area contributed by atoms with Crippen LogP contribution in [-0.2, 0) is 0 Å². The first kappa shape index (κ1) is 12.3. The maximum atomic E-state index is 13.3. The zero-order valence-corrected chi connectivity index (χ0v) is 10.6. The van der Waals surface area contributed by atoms with Crippen LogP contribution in [0, 0.1) is 11.0 Å². The van der Waals surface area contributed by atoms with E-state index in [4.69, 9.17) is 4.74 Å². The summed E-state index contributed by atoms with van der Waals surface area (Å²) in [4.78, 5) is 12.3. The van der Waals surface area contributed by atoms with Crippen LogP contribution in [0.4, 0.5) is 10.1 Å². The van der Waals surface area contributed by atoms with Crippen molar-refractivity contribution in [1.82, 2.24) is 0 Å². The van der Waals surface area contributed by atoms with Crippen molar-refractivity contribution in [3.8, 4) is 5.75 Å². The molecule has 1 aliphatic heterocycles. The molecule has 0 atom stereocenters. The van der Waals surface area contributed by atoms with Crippen molar-refractivity contribution < 1.29 is 18.7 Å². The van der Waals surface area contributed by atoms with Crippen molar-refractivity contribution in [2.24, 2.45) is 0 Å². The van der Waals surface area contributed by atoms with Crippen LogP contribution in [0.2, 0.25) is 0 Å². The lowest BCUT2D eigenvalue weighted by Crippen LogP contribution is -2.16. The third-order valence-corrected chi connectivity index (χ3v) is 3.18. The number of Topliss-reactive ketones (excluding diaryl/α,β-unsaturated/α-hetero) is 1. The summed E-state index contributed by atoms with van der Waals surface area (Å²) in [5, 5.41) is 12.4. The van der Waals surface area contributed by atoms with Gasteiger partial charge in [0.15, 0.2) is 5.75 Å². The number of ether oxygens (including phenoxy) is 1. The molecule has 0 fully saturated rings. The minimum Gasteiger partial charge on any atom is -0.618 e. The number of halogens is 1. The lowest BCUT2D eigenvalue weighted by atomic mass is 10.0. The Morgan fingerprint density at radius 3 is 2.65 bits per heavy atom. The molecule has 0 aliphatic carbocycles. The van der Waals surface area contributed by atoms with Crippen LogP contribution in [0.5, 0.6) is 5.75 Å². The van der Waals surface area contributed by atoms with E-state index >= 15 is 0 Å². The third kappa shape index (κ3) is 1.67. The van der Waals surface area contributed by atoms with Gasteiger partial charge in [-0.3, -0.25) is 4.79 Å². The van der Waals surface area contributed by atoms with Crippen LogP contribution in [0.15, 0.2) is 42.5 Å². The molecule has 100 valence electrons. The van der Waals surface area contributed by atoms with Crippen molar-refractivity contribution >= 4 is 17.2 Å². The zero-order valence-electron chi connectivity index (χ0n) is 10.6. The van der Waals surface area contributed by atoms with Crippen molar-refractivity contribution in [2.75, 3.05) is 7.11 Å². The van der Waals surface area contributed by atoms with Gasteiger partial charge in [-0.05, 0) is 30.3 Å². The highest BCUT2D eigenvalue weighted by Gasteiger charge is 2.39. The van der Waals surface area contributed by atoms with Gasteiger partial charge in [-0.15, -0.1) is 0 Å². The van der Waals surface area contributed by atoms with Gasteiger partial charge in [0.05, 0.1) is 12.7 Å². The molecule has 20 heavy (non-hydrogen) atoms. The van der Waals surface area contributed by atoms with Crippen LogP contribution in [0.3, 0.4) is 0 Å². The summed E-state index contributed by atoms with van der Waals surface area (Å²) >= 11 is 0. The fourth-order valence-electron chi connectivity index (χ4n) is 2.30. The minimum atomic E-state index is -0.501. The number of benzene rings is 2. The molecule has 0 radical (unpaired) electrons. The molecule has 0 amide bonds. The van der Waals surface area contributed by atoms with E-state index in [-0.39, 0.29) is 22.5 Å². The molecule has 0 unspecified atom stereocenters. The first-order chi connectivity index (χ1) is 9.63. The molecule has 4 nitrogen and oxygen atoms in total. The summed E-state index contributed by atoms with van der Waals surface area (Å²) in [6, 6.07) is 10.2. The van der Waals surface area contributed by atoms with E-state index in [9.17, 15) is 14.4 Å². The molecule has 1 heterocycles. The van der Waals surface area contributed by atoms with Crippen LogP contribution < -0.4 is 4.74 Å². The molecule has 3 rings (SSSR count). The lowest BCUT2D eigenvalue weighted by molar-refractivity contribution is -0.356. The lowest BCUT2D eigenvalue weighted by Gasteiger charge is -2.05. The predicted molar refractivity (Wildman–Crippen MR) is 71.1 cm³/mol. The monoisotopic (exact) mass is 271 g/mol. The van der Waals surface area contributed by atoms with Gasteiger partial charge in [0.2, 0.25) is 0 Å². The van der Waals surface area contributed by atoms with E-state index < -0.39 is 11.6 Å². The summed E-state index contributed by atoms with van der Waals surface area (Å²) in [5.41, 5.74) is 0.588. The Hall–Kier alpha value is -2.69. The van der Waals surface area contributed by atoms with Crippen molar-refractivity contribution in [2.45, 2.75) is 0 Å². The van der Waals surface area contributed by atoms with Crippen molar-refractivity contribution in [1.29, 1.82) is 0 Å². The smallest absolute Gasteiger partial charge is 0.273 e. The molecule has 0 bridgehead atoms. The molecule has 0 N–H and O–H groups in total. The predicted octanol–water partition coefficient (Wildman–Crippen LogP) is 2.66. The standard InChI is InChI=1S/C15H10FNO3/c1-20-12-7-3-6-11-14(12)17(19)13(15(11)18)9-4-2-5-10(16)8-9/h2-8H,1H3. The highest BCUT2D eigenvalue weighted by Crippen LogP contribution is 2.36. The van der Waals surface area contributed by atoms with Gasteiger partial charge in [-0.2, -0.15) is 4.74 Å². The molecule has 2 aromatic rings. The number of fused-ring (bicyclic) bond motifs is 1. The van der Waals surface area contributed by atoms with Gasteiger partial charge in [0.1, 0.15) is 11.4 Å². The Morgan fingerprint density at radius 1 is 1.20 bits per heavy atom. The number of carbonyl (C=O) groups is 1. The minimum absolute atomic E-state index is 0.0935. The van der Waals surface area contributed by atoms with E-state index in [0.29, 0.717) is 10.5 Å². The summed E-state index contributed by atoms with van der Waals surface area (Å²) < 4.78 is 18.9. The molecule has 0 saturated heterocycles. The topological polar surface area (TPSA) is 52.4 Å². The van der Waals surface area contributed by atoms with Gasteiger partial charge >= 0.3 is 0 Å². The van der Waals surface area contributed by atoms with Gasteiger partial charge in [0.25, 0.3) is 17.2 Å². The highest BCUT2D eigenvalue weighted by molar-refractivity contribution is 6.52. The van der Waals surface area contributed by atoms with E-state index in [2.05, 4.69) is 0 Å². The second-order valence-electron chi connectivity index (χ2n) is 4.34. The van der Waals surface area contributed by atoms with E-state index in [0.717, 1.165) is 6.07 Å². The summed E-state index contributed by atoms with van der Waals surface area (Å²) in [6.45, 7) is 0. The summed E-state index contributed by atoms with van der Waals surface area (Å²) in [7, 11) is 1.42. The number of carbonyl (C=O) groups excluding carboxylic acids is 1. The van der Waals surface area contributed by atoms with Crippen LogP contribution in [-0.4, -0.2) is 23.3 Å². The SMILES string of the molecule is COc1cccc2c1[N+]([O-])=C(c1cccc(F)c1)C2=O. The van der Waals surface area contributed by atoms with E-state index in [1.807, 2.05) is 0 Å². The largest absolute Gasteiger partial charge is 0.618 e. The van der Waals surface area contributed by atoms with Crippen LogP contribution in [0.25, 0.3) is 0 Å². The quantitative estimate of drug-likeness (QED) is 0.623. The molecule has 1 aliphatic rings. The second-order valence-corrected chi connectivity index (χ2v) is 4.34. The first-order valence-corrected chi connectivity index (χ1v) is 5.95. The van der Waals surface area contributed by atoms with Gasteiger partial charge in [-0.1, -0.05) is 12.1 Å². The molecule has 0 aromatic heterocycles. The molecule has 2 aromatic carbocycles. The summed E-state index contributed by atoms with van der Waals surface area (Å²) in [5.74, 6) is -0.615. The molecular formula is C15H10FNO3. The Bertz CT molecular complexity index is 753. The van der Waals surface area contributed by atoms with Gasteiger partial charge < -0.3 is 9.94 Å². The number of para-hydroxylation sites is 1. The normalized spacial score (nSPS) is 13.6. The fraction of sp³-hybridized carbons (Fsp3) is 0.0667. The van der Waals surface area contributed by atoms with Crippen LogP contribution >= 0.6 is 0 Å². The first-order valence-electron chi connectivity index (χ1n) is 5.95. The average Bonchev–Trinajstić information content (AvgIpc) is 2.71. The Balaban J connectivity index is 2.24. The zero-order chi connectivity index (χ0) is 14.3. The molecule has 5 heteroatoms. The maximum Gasteiger partial charge on any atom is 0.273 e. The number of hydrogen-bond donors (Lipinski definition) is 0. The Morgan fingerprint density at radius 2 is 1.95 bits per heavy atom. The molecular weight excluding hydrogens is 261 g/mol. The average molecular weight is 271 g/mol. The number of rotatable bonds is 2. The fourth-order valence-corrected chi connectivity index (χ4v) is 2.30. The third-order valence-electron chi connectivity index (χ3n) is 3.18. The van der Waals surface area contributed by atoms with Gasteiger partial charge in [0, 0.05) is 0 Å². The maximum absolute atomic E-state index is 13.3. The van der Waals surface area contributed by atoms with E-state index in [1.165, 1.54) is 25.3 Å². The molecule has 0 saturated carbocycles. The van der Waals surface area contributed by atoms with E-state index in [1.54, 1.807) is 18.2 Å². The number of methoxy groups -OCH3 is 1. The number of hydrogen-bond acceptors (Lipinski definition) is 3. The van der Waals surface area contributed by atoms with Crippen LogP contribution in [0.1, 0.15) is 15.9 Å². The Kier molecular flexibility index (Phi) is 2.75. The highest BCUT2D eigenvalue weighted by atomic mass is 19.1. The number of nitrogens with zero attached hydrogens (tertiary/aromatic N) is 1. The Labute approximate surface area is 114 Å². The van der Waals surface area contributed by atoms with Gasteiger partial charge in [-0.25, -0.2) is 4.39 Å². The van der Waals surface area contributed by atoms with Crippen molar-refractivity contribution in [3.63, 3.8) is 0 Å². The second kappa shape index (κ2) is 4.45. The van der Waals surface area contributed by atoms with Crippen molar-refractivity contribution in [3.05, 3.63) is 64.6 Å².